The monoisotopic (exact) mass is 573 g/mol. The maximum atomic E-state index is 6.42. The van der Waals surface area contributed by atoms with Crippen LogP contribution >= 0.6 is 27.5 Å². The van der Waals surface area contributed by atoms with E-state index >= 15 is 0 Å². The molecular weight excluding hydrogens is 554 g/mol. The number of hydrogen-bond donors (Lipinski definition) is 0. The molecule has 0 aliphatic rings. The second-order valence-corrected chi connectivity index (χ2v) is 10.1. The van der Waals surface area contributed by atoms with E-state index in [4.69, 9.17) is 26.6 Å². The Morgan fingerprint density at radius 3 is 1.32 bits per heavy atom. The molecule has 0 atom stereocenters. The van der Waals surface area contributed by atoms with E-state index in [1.807, 2.05) is 78.9 Å². The molecule has 0 spiro atoms. The molecule has 1 aromatic heterocycles. The van der Waals surface area contributed by atoms with Crippen LogP contribution in [0, 0.1) is 0 Å². The van der Waals surface area contributed by atoms with Gasteiger partial charge in [-0.2, -0.15) is 0 Å². The molecule has 0 bridgehead atoms. The van der Waals surface area contributed by atoms with Gasteiger partial charge in [0.2, 0.25) is 0 Å². The van der Waals surface area contributed by atoms with Crippen molar-refractivity contribution in [2.24, 2.45) is 0 Å². The van der Waals surface area contributed by atoms with Gasteiger partial charge in [0.25, 0.3) is 0 Å². The van der Waals surface area contributed by atoms with E-state index in [2.05, 4.69) is 64.5 Å². The summed E-state index contributed by atoms with van der Waals surface area (Å²) in [4.78, 5) is 15.0. The fourth-order valence-corrected chi connectivity index (χ4v) is 5.38. The summed E-state index contributed by atoms with van der Waals surface area (Å²) in [6, 6.07) is 42.7. The first-order valence-corrected chi connectivity index (χ1v) is 13.3. The summed E-state index contributed by atoms with van der Waals surface area (Å²) in [5.74, 6) is 1.76. The molecule has 0 aliphatic carbocycles. The van der Waals surface area contributed by atoms with Crippen molar-refractivity contribution in [3.05, 3.63) is 137 Å². The summed E-state index contributed by atoms with van der Waals surface area (Å²) in [5.41, 5.74) is 6.98. The number of hydrogen-bond acceptors (Lipinski definition) is 3. The Balaban J connectivity index is 1.61. The highest BCUT2D eigenvalue weighted by atomic mass is 79.9. The van der Waals surface area contributed by atoms with Crippen LogP contribution in [0.4, 0.5) is 0 Å². The number of aromatic nitrogens is 3. The lowest BCUT2D eigenvalue weighted by Gasteiger charge is -2.14. The van der Waals surface area contributed by atoms with Crippen LogP contribution in [0.25, 0.3) is 56.4 Å². The van der Waals surface area contributed by atoms with E-state index in [9.17, 15) is 0 Å². The lowest BCUT2D eigenvalue weighted by Crippen LogP contribution is -2.02. The highest BCUT2D eigenvalue weighted by Crippen LogP contribution is 2.35. The maximum absolute atomic E-state index is 6.42. The molecule has 1 heterocycles. The topological polar surface area (TPSA) is 38.7 Å². The van der Waals surface area contributed by atoms with E-state index < -0.39 is 0 Å². The molecule has 0 amide bonds. The second kappa shape index (κ2) is 10.7. The molecule has 0 radical (unpaired) electrons. The smallest absolute Gasteiger partial charge is 0.164 e. The molecule has 3 nitrogen and oxygen atoms in total. The summed E-state index contributed by atoms with van der Waals surface area (Å²) in [6.45, 7) is 0. The van der Waals surface area contributed by atoms with E-state index in [-0.39, 0.29) is 0 Å². The first kappa shape index (κ1) is 24.2. The Morgan fingerprint density at radius 2 is 0.842 bits per heavy atom. The molecule has 5 aromatic carbocycles. The van der Waals surface area contributed by atoms with Crippen LogP contribution in [-0.2, 0) is 0 Å². The van der Waals surface area contributed by atoms with Gasteiger partial charge in [-0.05, 0) is 40.5 Å². The van der Waals surface area contributed by atoms with Gasteiger partial charge in [-0.1, -0.05) is 137 Å². The standard InChI is InChI=1S/C33H21BrClN3/c34-25-19-24(20-26(35)21-25)31-36-32(29-17-9-7-15-27(29)22-11-3-1-4-12-22)38-33(37-31)30-18-10-8-16-28(30)23-13-5-2-6-14-23/h1-21H. The lowest BCUT2D eigenvalue weighted by molar-refractivity contribution is 1.07. The first-order valence-electron chi connectivity index (χ1n) is 12.2. The largest absolute Gasteiger partial charge is 0.208 e. The van der Waals surface area contributed by atoms with Gasteiger partial charge in [0.05, 0.1) is 0 Å². The Morgan fingerprint density at radius 1 is 0.421 bits per heavy atom. The van der Waals surface area contributed by atoms with Crippen LogP contribution in [0.5, 0.6) is 0 Å². The minimum absolute atomic E-state index is 0.555. The first-order chi connectivity index (χ1) is 18.7. The molecular formula is C33H21BrClN3. The number of halogens is 2. The van der Waals surface area contributed by atoms with Crippen molar-refractivity contribution in [3.8, 4) is 56.4 Å². The Bertz CT molecular complexity index is 1620. The van der Waals surface area contributed by atoms with Crippen LogP contribution in [0.15, 0.2) is 132 Å². The van der Waals surface area contributed by atoms with Crippen molar-refractivity contribution >= 4 is 27.5 Å². The average molecular weight is 575 g/mol. The molecule has 0 aliphatic heterocycles. The highest BCUT2D eigenvalue weighted by molar-refractivity contribution is 9.10. The minimum atomic E-state index is 0.555. The average Bonchev–Trinajstić information content (AvgIpc) is 2.97. The third-order valence-corrected chi connectivity index (χ3v) is 6.94. The highest BCUT2D eigenvalue weighted by Gasteiger charge is 2.18. The zero-order valence-electron chi connectivity index (χ0n) is 20.2. The summed E-state index contributed by atoms with van der Waals surface area (Å²) < 4.78 is 0.859. The van der Waals surface area contributed by atoms with Gasteiger partial charge in [-0.25, -0.2) is 15.0 Å². The summed E-state index contributed by atoms with van der Waals surface area (Å²) in [7, 11) is 0. The lowest BCUT2D eigenvalue weighted by atomic mass is 9.98. The zero-order valence-corrected chi connectivity index (χ0v) is 22.6. The van der Waals surface area contributed by atoms with Crippen LogP contribution in [0.2, 0.25) is 5.02 Å². The molecule has 6 rings (SSSR count). The number of nitrogens with zero attached hydrogens (tertiary/aromatic N) is 3. The van der Waals surface area contributed by atoms with Crippen molar-refractivity contribution < 1.29 is 0 Å². The third kappa shape index (κ3) is 5.01. The zero-order chi connectivity index (χ0) is 25.9. The summed E-state index contributed by atoms with van der Waals surface area (Å²) in [5, 5.41) is 0.604. The van der Waals surface area contributed by atoms with Crippen LogP contribution in [0.1, 0.15) is 0 Å². The van der Waals surface area contributed by atoms with Crippen LogP contribution in [0.3, 0.4) is 0 Å². The molecule has 182 valence electrons. The van der Waals surface area contributed by atoms with E-state index in [1.165, 1.54) is 0 Å². The quantitative estimate of drug-likeness (QED) is 0.206. The fourth-order valence-electron chi connectivity index (χ4n) is 4.52. The van der Waals surface area contributed by atoms with Gasteiger partial charge in [-0.3, -0.25) is 0 Å². The van der Waals surface area contributed by atoms with E-state index in [0.717, 1.165) is 43.4 Å². The summed E-state index contributed by atoms with van der Waals surface area (Å²) >= 11 is 9.99. The normalized spacial score (nSPS) is 10.9. The maximum Gasteiger partial charge on any atom is 0.164 e. The van der Waals surface area contributed by atoms with Crippen LogP contribution < -0.4 is 0 Å². The molecule has 0 unspecified atom stereocenters. The minimum Gasteiger partial charge on any atom is -0.208 e. The molecule has 6 aromatic rings. The molecule has 0 saturated carbocycles. The Hall–Kier alpha value is -4.12. The van der Waals surface area contributed by atoms with Gasteiger partial charge in [-0.15, -0.1) is 0 Å². The van der Waals surface area contributed by atoms with Crippen molar-refractivity contribution in [1.82, 2.24) is 15.0 Å². The predicted octanol–water partition coefficient (Wildman–Crippen LogP) is 9.62. The molecule has 0 N–H and O–H groups in total. The molecule has 0 saturated heterocycles. The third-order valence-electron chi connectivity index (χ3n) is 6.26. The van der Waals surface area contributed by atoms with Gasteiger partial charge < -0.3 is 0 Å². The van der Waals surface area contributed by atoms with Crippen molar-refractivity contribution in [1.29, 1.82) is 0 Å². The van der Waals surface area contributed by atoms with E-state index in [0.29, 0.717) is 22.5 Å². The number of benzene rings is 5. The van der Waals surface area contributed by atoms with Gasteiger partial charge in [0.15, 0.2) is 17.5 Å². The van der Waals surface area contributed by atoms with Crippen LogP contribution in [-0.4, -0.2) is 15.0 Å². The second-order valence-electron chi connectivity index (χ2n) is 8.79. The molecule has 38 heavy (non-hydrogen) atoms. The van der Waals surface area contributed by atoms with Gasteiger partial charge >= 0.3 is 0 Å². The van der Waals surface area contributed by atoms with Gasteiger partial charge in [0.1, 0.15) is 0 Å². The summed E-state index contributed by atoms with van der Waals surface area (Å²) in [6.07, 6.45) is 0. The fraction of sp³-hybridized carbons (Fsp3) is 0. The predicted molar refractivity (Wildman–Crippen MR) is 160 cm³/mol. The van der Waals surface area contributed by atoms with Crippen molar-refractivity contribution in [3.63, 3.8) is 0 Å². The molecule has 5 heteroatoms. The Kier molecular flexibility index (Phi) is 6.82. The van der Waals surface area contributed by atoms with E-state index in [1.54, 1.807) is 0 Å². The van der Waals surface area contributed by atoms with Crippen molar-refractivity contribution in [2.45, 2.75) is 0 Å². The molecule has 0 fully saturated rings. The SMILES string of the molecule is Clc1cc(Br)cc(-c2nc(-c3ccccc3-c3ccccc3)nc(-c3ccccc3-c3ccccc3)n2)c1. The van der Waals surface area contributed by atoms with Gasteiger partial charge in [0, 0.05) is 26.2 Å². The van der Waals surface area contributed by atoms with Crippen molar-refractivity contribution in [2.75, 3.05) is 0 Å². The number of rotatable bonds is 5. The Labute approximate surface area is 235 Å².